The molecule has 104 valence electrons. The minimum absolute atomic E-state index is 0.0768. The summed E-state index contributed by atoms with van der Waals surface area (Å²) in [5, 5.41) is 17.4. The van der Waals surface area contributed by atoms with Gasteiger partial charge in [0.2, 0.25) is 0 Å². The van der Waals surface area contributed by atoms with Crippen molar-refractivity contribution >= 4 is 11.9 Å². The first-order valence-corrected chi connectivity index (χ1v) is 5.21. The lowest BCUT2D eigenvalue weighted by atomic mass is 10.0. The van der Waals surface area contributed by atoms with Crippen LogP contribution in [0, 0.1) is 0 Å². The molecule has 0 saturated heterocycles. The van der Waals surface area contributed by atoms with Crippen LogP contribution in [-0.4, -0.2) is 33.7 Å². The number of benzene rings is 1. The zero-order chi connectivity index (χ0) is 14.8. The van der Waals surface area contributed by atoms with Gasteiger partial charge in [-0.15, -0.1) is 0 Å². The minimum Gasteiger partial charge on any atom is -0.508 e. The highest BCUT2D eigenvalue weighted by molar-refractivity contribution is 5.90. The van der Waals surface area contributed by atoms with E-state index in [4.69, 9.17) is 10.2 Å². The zero-order valence-electron chi connectivity index (χ0n) is 10.2. The standard InChI is InChI=1S/C12H12F2O5/c1-11(2,12(13,14)10(17)18)19-9(16)7-3-5-8(15)6-4-7/h3-6,15H,1-2H3,(H,17,18). The molecular weight excluding hydrogens is 262 g/mol. The summed E-state index contributed by atoms with van der Waals surface area (Å²) in [5.41, 5.74) is -2.58. The second kappa shape index (κ2) is 4.83. The van der Waals surface area contributed by atoms with E-state index in [1.54, 1.807) is 0 Å². The maximum Gasteiger partial charge on any atom is 0.380 e. The van der Waals surface area contributed by atoms with Crippen LogP contribution >= 0.6 is 0 Å². The Morgan fingerprint density at radius 1 is 1.16 bits per heavy atom. The van der Waals surface area contributed by atoms with Crippen molar-refractivity contribution in [1.82, 2.24) is 0 Å². The molecule has 0 fully saturated rings. The predicted molar refractivity (Wildman–Crippen MR) is 60.2 cm³/mol. The second-order valence-corrected chi connectivity index (χ2v) is 4.33. The molecule has 5 nitrogen and oxygen atoms in total. The third-order valence-corrected chi connectivity index (χ3v) is 2.48. The molecule has 0 aliphatic carbocycles. The lowest BCUT2D eigenvalue weighted by Gasteiger charge is -2.30. The molecule has 2 N–H and O–H groups in total. The van der Waals surface area contributed by atoms with E-state index >= 15 is 0 Å². The lowest BCUT2D eigenvalue weighted by molar-refractivity contribution is -0.200. The van der Waals surface area contributed by atoms with Crippen LogP contribution in [0.3, 0.4) is 0 Å². The van der Waals surface area contributed by atoms with E-state index < -0.39 is 23.5 Å². The van der Waals surface area contributed by atoms with Gasteiger partial charge >= 0.3 is 17.9 Å². The monoisotopic (exact) mass is 274 g/mol. The maximum absolute atomic E-state index is 13.3. The summed E-state index contributed by atoms with van der Waals surface area (Å²) < 4.78 is 31.2. The number of rotatable bonds is 4. The van der Waals surface area contributed by atoms with E-state index in [0.717, 1.165) is 13.8 Å². The van der Waals surface area contributed by atoms with Crippen LogP contribution in [0.25, 0.3) is 0 Å². The Balaban J connectivity index is 2.92. The Bertz CT molecular complexity index is 493. The number of halogens is 2. The van der Waals surface area contributed by atoms with Crippen molar-refractivity contribution < 1.29 is 33.3 Å². The first kappa shape index (κ1) is 14.9. The number of hydrogen-bond donors (Lipinski definition) is 2. The van der Waals surface area contributed by atoms with E-state index in [0.29, 0.717) is 0 Å². The van der Waals surface area contributed by atoms with Gasteiger partial charge in [-0.2, -0.15) is 8.78 Å². The Kier molecular flexibility index (Phi) is 3.78. The van der Waals surface area contributed by atoms with E-state index in [-0.39, 0.29) is 11.3 Å². The number of aliphatic carboxylic acids is 1. The predicted octanol–water partition coefficient (Wildman–Crippen LogP) is 2.05. The summed E-state index contributed by atoms with van der Waals surface area (Å²) in [6.45, 7) is 1.61. The molecule has 0 spiro atoms. The largest absolute Gasteiger partial charge is 0.508 e. The summed E-state index contributed by atoms with van der Waals surface area (Å²) >= 11 is 0. The molecular formula is C12H12F2O5. The smallest absolute Gasteiger partial charge is 0.380 e. The van der Waals surface area contributed by atoms with Gasteiger partial charge in [0.1, 0.15) is 5.75 Å². The topological polar surface area (TPSA) is 83.8 Å². The fraction of sp³-hybridized carbons (Fsp3) is 0.333. The lowest BCUT2D eigenvalue weighted by Crippen LogP contribution is -2.51. The van der Waals surface area contributed by atoms with E-state index in [1.807, 2.05) is 0 Å². The quantitative estimate of drug-likeness (QED) is 0.821. The number of phenolic OH excluding ortho intramolecular Hbond substituents is 1. The Hall–Kier alpha value is -2.18. The molecule has 0 heterocycles. The van der Waals surface area contributed by atoms with Gasteiger partial charge in [-0.1, -0.05) is 0 Å². The van der Waals surface area contributed by atoms with E-state index in [9.17, 15) is 18.4 Å². The van der Waals surface area contributed by atoms with Crippen LogP contribution in [0.1, 0.15) is 24.2 Å². The van der Waals surface area contributed by atoms with Crippen LogP contribution in [0.5, 0.6) is 5.75 Å². The molecule has 0 amide bonds. The van der Waals surface area contributed by atoms with Gasteiger partial charge in [-0.3, -0.25) is 0 Å². The average molecular weight is 274 g/mol. The molecule has 0 bridgehead atoms. The summed E-state index contributed by atoms with van der Waals surface area (Å²) in [6.07, 6.45) is 0. The van der Waals surface area contributed by atoms with E-state index in [1.165, 1.54) is 24.3 Å². The van der Waals surface area contributed by atoms with Crippen LogP contribution in [0.4, 0.5) is 8.78 Å². The third-order valence-electron chi connectivity index (χ3n) is 2.48. The molecule has 1 aromatic rings. The third kappa shape index (κ3) is 2.98. The Morgan fingerprint density at radius 2 is 1.63 bits per heavy atom. The van der Waals surface area contributed by atoms with E-state index in [2.05, 4.69) is 4.74 Å². The average Bonchev–Trinajstić information content (AvgIpc) is 2.28. The highest BCUT2D eigenvalue weighted by atomic mass is 19.3. The van der Waals surface area contributed by atoms with Crippen molar-refractivity contribution in [2.45, 2.75) is 25.4 Å². The summed E-state index contributed by atoms with van der Waals surface area (Å²) in [5.74, 6) is -7.81. The van der Waals surface area contributed by atoms with Gasteiger partial charge in [-0.25, -0.2) is 9.59 Å². The molecule has 0 aromatic heterocycles. The van der Waals surface area contributed by atoms with Crippen molar-refractivity contribution in [2.75, 3.05) is 0 Å². The SMILES string of the molecule is CC(C)(OC(=O)c1ccc(O)cc1)C(F)(F)C(=O)O. The Morgan fingerprint density at radius 3 is 2.05 bits per heavy atom. The first-order valence-electron chi connectivity index (χ1n) is 5.21. The molecule has 1 aromatic carbocycles. The van der Waals surface area contributed by atoms with Gasteiger partial charge < -0.3 is 14.9 Å². The number of alkyl halides is 2. The maximum atomic E-state index is 13.3. The van der Waals surface area contributed by atoms with Crippen molar-refractivity contribution in [3.8, 4) is 5.75 Å². The number of esters is 1. The first-order chi connectivity index (χ1) is 8.58. The highest BCUT2D eigenvalue weighted by Gasteiger charge is 2.56. The fourth-order valence-corrected chi connectivity index (χ4v) is 1.21. The number of carboxylic acid groups (broad SMARTS) is 1. The van der Waals surface area contributed by atoms with Crippen molar-refractivity contribution in [3.05, 3.63) is 29.8 Å². The molecule has 0 atom stereocenters. The van der Waals surface area contributed by atoms with Crippen LogP contribution in [0.15, 0.2) is 24.3 Å². The summed E-state index contributed by atoms with van der Waals surface area (Å²) in [7, 11) is 0. The molecule has 0 aliphatic heterocycles. The molecule has 0 saturated carbocycles. The Labute approximate surface area is 107 Å². The zero-order valence-corrected chi connectivity index (χ0v) is 10.2. The van der Waals surface area contributed by atoms with Crippen molar-refractivity contribution in [2.24, 2.45) is 0 Å². The molecule has 0 unspecified atom stereocenters. The molecule has 7 heteroatoms. The summed E-state index contributed by atoms with van der Waals surface area (Å²) in [6, 6.07) is 4.71. The van der Waals surface area contributed by atoms with Gasteiger partial charge in [0.25, 0.3) is 0 Å². The molecule has 0 aliphatic rings. The van der Waals surface area contributed by atoms with Gasteiger partial charge in [0.05, 0.1) is 5.56 Å². The normalized spacial score (nSPS) is 12.0. The molecule has 0 radical (unpaired) electrons. The molecule has 19 heavy (non-hydrogen) atoms. The highest BCUT2D eigenvalue weighted by Crippen LogP contribution is 2.32. The van der Waals surface area contributed by atoms with Crippen molar-refractivity contribution in [1.29, 1.82) is 0 Å². The fourth-order valence-electron chi connectivity index (χ4n) is 1.21. The van der Waals surface area contributed by atoms with Gasteiger partial charge in [-0.05, 0) is 38.1 Å². The number of carbonyl (C=O) groups is 2. The van der Waals surface area contributed by atoms with Crippen LogP contribution < -0.4 is 0 Å². The van der Waals surface area contributed by atoms with Gasteiger partial charge in [0, 0.05) is 0 Å². The number of carbonyl (C=O) groups excluding carboxylic acids is 1. The number of aromatic hydroxyl groups is 1. The van der Waals surface area contributed by atoms with Crippen molar-refractivity contribution in [3.63, 3.8) is 0 Å². The van der Waals surface area contributed by atoms with Gasteiger partial charge in [0.15, 0.2) is 5.60 Å². The summed E-state index contributed by atoms with van der Waals surface area (Å²) in [4.78, 5) is 22.1. The number of phenols is 1. The number of ether oxygens (including phenoxy) is 1. The minimum atomic E-state index is -4.22. The number of carboxylic acids is 1. The van der Waals surface area contributed by atoms with Crippen LogP contribution in [-0.2, 0) is 9.53 Å². The second-order valence-electron chi connectivity index (χ2n) is 4.33. The van der Waals surface area contributed by atoms with Crippen LogP contribution in [0.2, 0.25) is 0 Å². The molecule has 1 rings (SSSR count). The number of hydrogen-bond acceptors (Lipinski definition) is 4.